The molecule has 1 aromatic rings. The summed E-state index contributed by atoms with van der Waals surface area (Å²) in [4.78, 5) is 0. The molecule has 1 rings (SSSR count). The summed E-state index contributed by atoms with van der Waals surface area (Å²) in [5.74, 6) is -3.54. The van der Waals surface area contributed by atoms with E-state index in [1.165, 1.54) is 0 Å². The molecule has 0 aliphatic rings. The maximum atomic E-state index is 9.65. The zero-order valence-electron chi connectivity index (χ0n) is 11.4. The van der Waals surface area contributed by atoms with E-state index in [4.69, 9.17) is 17.7 Å². The van der Waals surface area contributed by atoms with E-state index in [-0.39, 0.29) is 0 Å². The monoisotopic (exact) mass is 190 g/mol. The SMILES string of the molecule is [2H]c1c(O)c(O)c(O)c([2H])c1[C@@]([2H])(O)C([2H])([2H])N. The second-order valence-electron chi connectivity index (χ2n) is 2.16. The fourth-order valence-corrected chi connectivity index (χ4v) is 0.689. The van der Waals surface area contributed by atoms with E-state index in [1.807, 2.05) is 0 Å². The number of nitrogens with two attached hydrogens (primary N) is 1. The van der Waals surface area contributed by atoms with Crippen LogP contribution in [-0.4, -0.2) is 26.9 Å². The largest absolute Gasteiger partial charge is 0.504 e. The van der Waals surface area contributed by atoms with Crippen LogP contribution in [-0.2, 0) is 0 Å². The number of aliphatic hydroxyl groups is 1. The van der Waals surface area contributed by atoms with Crippen molar-refractivity contribution in [3.8, 4) is 17.2 Å². The minimum absolute atomic E-state index is 1.05. The molecule has 0 aromatic heterocycles. The third-order valence-electron chi connectivity index (χ3n) is 1.31. The van der Waals surface area contributed by atoms with Gasteiger partial charge in [0.25, 0.3) is 0 Å². The molecule has 5 heteroatoms. The van der Waals surface area contributed by atoms with Gasteiger partial charge in [0.2, 0.25) is 0 Å². The van der Waals surface area contributed by atoms with Gasteiger partial charge in [0.15, 0.2) is 17.2 Å². The van der Waals surface area contributed by atoms with Gasteiger partial charge in [-0.3, -0.25) is 0 Å². The number of hydrogen-bond acceptors (Lipinski definition) is 5. The van der Waals surface area contributed by atoms with E-state index in [2.05, 4.69) is 0 Å². The predicted molar refractivity (Wildman–Crippen MR) is 45.5 cm³/mol. The number of aromatic hydroxyl groups is 3. The third kappa shape index (κ3) is 1.82. The Kier molecular flexibility index (Phi) is 1.26. The highest BCUT2D eigenvalue weighted by Gasteiger charge is 2.12. The van der Waals surface area contributed by atoms with E-state index in [1.54, 1.807) is 0 Å². The van der Waals surface area contributed by atoms with E-state index >= 15 is 0 Å². The quantitative estimate of drug-likeness (QED) is 0.415. The summed E-state index contributed by atoms with van der Waals surface area (Å²) in [5, 5.41) is 37.4. The second-order valence-corrected chi connectivity index (χ2v) is 2.16. The summed E-state index contributed by atoms with van der Waals surface area (Å²) in [6.45, 7) is -3.06. The van der Waals surface area contributed by atoms with Crippen molar-refractivity contribution in [1.82, 2.24) is 0 Å². The first kappa shape index (κ1) is 4.69. The van der Waals surface area contributed by atoms with Crippen molar-refractivity contribution in [3.05, 3.63) is 17.6 Å². The summed E-state index contributed by atoms with van der Waals surface area (Å²) < 4.78 is 36.3. The highest BCUT2D eigenvalue weighted by Crippen LogP contribution is 2.36. The zero-order chi connectivity index (χ0) is 14.5. The Morgan fingerprint density at radius 3 is 2.31 bits per heavy atom. The lowest BCUT2D eigenvalue weighted by Gasteiger charge is -2.09. The third-order valence-corrected chi connectivity index (χ3v) is 1.31. The van der Waals surface area contributed by atoms with Crippen molar-refractivity contribution in [2.45, 2.75) is 6.08 Å². The van der Waals surface area contributed by atoms with Crippen LogP contribution < -0.4 is 5.73 Å². The fraction of sp³-hybridized carbons (Fsp3) is 0.250. The highest BCUT2D eigenvalue weighted by atomic mass is 16.3. The maximum absolute atomic E-state index is 9.65. The van der Waals surface area contributed by atoms with Crippen LogP contribution >= 0.6 is 0 Å². The molecule has 13 heavy (non-hydrogen) atoms. The first-order valence-electron chi connectivity index (χ1n) is 5.68. The molecular weight excluding hydrogens is 174 g/mol. The van der Waals surface area contributed by atoms with Crippen LogP contribution in [0.4, 0.5) is 0 Å². The molecule has 72 valence electrons. The molecular formula is C8H11NO4. The van der Waals surface area contributed by atoms with E-state index < -0.39 is 47.5 Å². The molecule has 1 aromatic carbocycles. The Bertz CT molecular complexity index is 470. The topological polar surface area (TPSA) is 107 Å². The van der Waals surface area contributed by atoms with Crippen LogP contribution in [0.1, 0.15) is 18.5 Å². The van der Waals surface area contributed by atoms with Crippen LogP contribution in [0.5, 0.6) is 17.2 Å². The fourth-order valence-electron chi connectivity index (χ4n) is 0.689. The predicted octanol–water partition coefficient (Wildman–Crippen LogP) is -0.205. The maximum Gasteiger partial charge on any atom is 0.200 e. The standard InChI is InChI=1S/C8H11NO4/c9-3-7(12)4-1-5(10)8(13)6(11)2-4/h1-2,7,10-13H,3,9H2/t7-/m0/s1/i1D,2D,3D2,7D. The first-order chi connectivity index (χ1) is 7.93. The molecule has 0 saturated carbocycles. The van der Waals surface area contributed by atoms with Crippen molar-refractivity contribution in [2.24, 2.45) is 5.73 Å². The Hall–Kier alpha value is -1.46. The van der Waals surface area contributed by atoms with Gasteiger partial charge >= 0.3 is 0 Å². The average Bonchev–Trinajstić information content (AvgIpc) is 2.22. The van der Waals surface area contributed by atoms with Gasteiger partial charge in [-0.25, -0.2) is 0 Å². The van der Waals surface area contributed by atoms with Gasteiger partial charge in [-0.15, -0.1) is 0 Å². The normalized spacial score (nSPS) is 21.8. The summed E-state index contributed by atoms with van der Waals surface area (Å²) in [6.07, 6.45) is -3.26. The lowest BCUT2D eigenvalue weighted by Crippen LogP contribution is -2.11. The van der Waals surface area contributed by atoms with E-state index in [0.29, 0.717) is 0 Å². The van der Waals surface area contributed by atoms with Crippen molar-refractivity contribution in [2.75, 3.05) is 6.50 Å². The molecule has 0 radical (unpaired) electrons. The molecule has 0 spiro atoms. The summed E-state index contributed by atoms with van der Waals surface area (Å²) in [5.41, 5.74) is 3.87. The van der Waals surface area contributed by atoms with Crippen LogP contribution in [0.25, 0.3) is 0 Å². The lowest BCUT2D eigenvalue weighted by atomic mass is 10.1. The summed E-state index contributed by atoms with van der Waals surface area (Å²) >= 11 is 0. The molecule has 0 bridgehead atoms. The molecule has 0 fully saturated rings. The Labute approximate surface area is 81.7 Å². The highest BCUT2D eigenvalue weighted by molar-refractivity contribution is 5.51. The minimum atomic E-state index is -3.26. The molecule has 0 saturated heterocycles. The molecule has 0 aliphatic heterocycles. The van der Waals surface area contributed by atoms with Crippen molar-refractivity contribution >= 4 is 0 Å². The molecule has 6 N–H and O–H groups in total. The molecule has 0 amide bonds. The van der Waals surface area contributed by atoms with Gasteiger partial charge < -0.3 is 26.2 Å². The van der Waals surface area contributed by atoms with Gasteiger partial charge in [0.05, 0.1) is 10.2 Å². The van der Waals surface area contributed by atoms with Crippen LogP contribution in [0.2, 0.25) is 0 Å². The molecule has 0 aliphatic carbocycles. The number of benzene rings is 1. The average molecular weight is 190 g/mol. The number of hydrogen-bond donors (Lipinski definition) is 5. The summed E-state index contributed by atoms with van der Waals surface area (Å²) in [7, 11) is 0. The van der Waals surface area contributed by atoms with Gasteiger partial charge in [-0.2, -0.15) is 0 Å². The summed E-state index contributed by atoms with van der Waals surface area (Å²) in [6, 6.07) is -2.13. The van der Waals surface area contributed by atoms with Crippen LogP contribution in [0, 0.1) is 0 Å². The van der Waals surface area contributed by atoms with Crippen molar-refractivity contribution in [3.63, 3.8) is 0 Å². The Morgan fingerprint density at radius 1 is 1.46 bits per heavy atom. The minimum Gasteiger partial charge on any atom is -0.504 e. The van der Waals surface area contributed by atoms with Gasteiger partial charge in [0.1, 0.15) is 0 Å². The van der Waals surface area contributed by atoms with Crippen molar-refractivity contribution in [1.29, 1.82) is 0 Å². The van der Waals surface area contributed by atoms with Crippen molar-refractivity contribution < 1.29 is 27.3 Å². The molecule has 5 nitrogen and oxygen atoms in total. The number of phenolic OH excluding ortho intramolecular Hbond substituents is 3. The van der Waals surface area contributed by atoms with Crippen LogP contribution in [0.15, 0.2) is 12.1 Å². The smallest absolute Gasteiger partial charge is 0.200 e. The number of phenols is 3. The van der Waals surface area contributed by atoms with Gasteiger partial charge in [-0.05, 0) is 17.6 Å². The Balaban J connectivity index is 3.72. The molecule has 1 atom stereocenters. The molecule has 0 heterocycles. The zero-order valence-corrected chi connectivity index (χ0v) is 6.37. The lowest BCUT2D eigenvalue weighted by molar-refractivity contribution is 0.185. The number of rotatable bonds is 2. The molecule has 0 unspecified atom stereocenters. The van der Waals surface area contributed by atoms with Gasteiger partial charge in [-0.1, -0.05) is 0 Å². The van der Waals surface area contributed by atoms with Crippen LogP contribution in [0.3, 0.4) is 0 Å². The van der Waals surface area contributed by atoms with E-state index in [9.17, 15) is 15.3 Å². The Morgan fingerprint density at radius 2 is 1.92 bits per heavy atom. The van der Waals surface area contributed by atoms with E-state index in [0.717, 1.165) is 0 Å². The van der Waals surface area contributed by atoms with Gasteiger partial charge in [0, 0.05) is 9.24 Å². The first-order valence-corrected chi connectivity index (χ1v) is 3.18. The second kappa shape index (κ2) is 3.51.